The summed E-state index contributed by atoms with van der Waals surface area (Å²) in [5.74, 6) is 2.02. The Morgan fingerprint density at radius 3 is 2.41 bits per heavy atom. The predicted octanol–water partition coefficient (Wildman–Crippen LogP) is 4.42. The third-order valence-corrected chi connectivity index (χ3v) is 6.43. The highest BCUT2D eigenvalue weighted by molar-refractivity contribution is 5.65. The second-order valence-electron chi connectivity index (χ2n) is 8.44. The molecule has 0 aliphatic heterocycles. The molecule has 1 saturated carbocycles. The lowest BCUT2D eigenvalue weighted by molar-refractivity contribution is 0.352. The fraction of sp³-hybridized carbons (Fsp3) is 0.440. The number of benzene rings is 1. The number of aromatic nitrogens is 3. The van der Waals surface area contributed by atoms with Crippen molar-refractivity contribution in [3.8, 4) is 22.6 Å². The van der Waals surface area contributed by atoms with Crippen LogP contribution in [0.3, 0.4) is 0 Å². The van der Waals surface area contributed by atoms with Gasteiger partial charge in [-0.1, -0.05) is 6.07 Å². The van der Waals surface area contributed by atoms with Crippen molar-refractivity contribution in [2.24, 2.45) is 7.05 Å². The van der Waals surface area contributed by atoms with Gasteiger partial charge >= 0.3 is 0 Å². The molecule has 0 spiro atoms. The first-order valence-electron chi connectivity index (χ1n) is 11.2. The standard InChI is InChI=1S/C25H32N4O3/c1-5-29-16-19(20-14-26-28(2)15-20)12-22(25(29)30)27-21-9-6-17(7-10-21)18-8-11-23(31-3)24(13-18)32-4/h8,11-17,21,27H,5-7,9-10H2,1-4H3. The van der Waals surface area contributed by atoms with Crippen LogP contribution >= 0.6 is 0 Å². The monoisotopic (exact) mass is 436 g/mol. The minimum Gasteiger partial charge on any atom is -0.493 e. The Bertz CT molecular complexity index is 1130. The molecule has 1 aliphatic carbocycles. The average molecular weight is 437 g/mol. The molecule has 1 fully saturated rings. The zero-order valence-electron chi connectivity index (χ0n) is 19.3. The van der Waals surface area contributed by atoms with Crippen LogP contribution in [0.15, 0.2) is 47.7 Å². The first kappa shape index (κ1) is 22.0. The fourth-order valence-corrected chi connectivity index (χ4v) is 4.60. The molecule has 0 unspecified atom stereocenters. The maximum absolute atomic E-state index is 12.9. The summed E-state index contributed by atoms with van der Waals surface area (Å²) in [6.07, 6.45) is 9.88. The van der Waals surface area contributed by atoms with Crippen molar-refractivity contribution >= 4 is 5.69 Å². The molecular weight excluding hydrogens is 404 g/mol. The van der Waals surface area contributed by atoms with E-state index in [1.54, 1.807) is 23.5 Å². The van der Waals surface area contributed by atoms with Crippen LogP contribution in [0.25, 0.3) is 11.1 Å². The fourth-order valence-electron chi connectivity index (χ4n) is 4.60. The number of methoxy groups -OCH3 is 2. The van der Waals surface area contributed by atoms with Gasteiger partial charge in [-0.15, -0.1) is 0 Å². The van der Waals surface area contributed by atoms with E-state index in [0.29, 0.717) is 18.2 Å². The summed E-state index contributed by atoms with van der Waals surface area (Å²) in [7, 11) is 5.23. The van der Waals surface area contributed by atoms with Crippen molar-refractivity contribution in [1.29, 1.82) is 0 Å². The highest BCUT2D eigenvalue weighted by atomic mass is 16.5. The lowest BCUT2D eigenvalue weighted by Crippen LogP contribution is -2.30. The lowest BCUT2D eigenvalue weighted by Gasteiger charge is -2.30. The number of hydrogen-bond acceptors (Lipinski definition) is 5. The molecule has 32 heavy (non-hydrogen) atoms. The Morgan fingerprint density at radius 1 is 1.03 bits per heavy atom. The van der Waals surface area contributed by atoms with Gasteiger partial charge in [-0.25, -0.2) is 0 Å². The number of nitrogens with one attached hydrogen (secondary N) is 1. The van der Waals surface area contributed by atoms with Crippen molar-refractivity contribution in [3.63, 3.8) is 0 Å². The number of ether oxygens (including phenoxy) is 2. The van der Waals surface area contributed by atoms with E-state index in [9.17, 15) is 4.79 Å². The molecule has 7 nitrogen and oxygen atoms in total. The van der Waals surface area contributed by atoms with E-state index in [1.807, 2.05) is 44.7 Å². The molecule has 0 amide bonds. The van der Waals surface area contributed by atoms with Gasteiger partial charge in [0.2, 0.25) is 0 Å². The molecule has 170 valence electrons. The van der Waals surface area contributed by atoms with E-state index in [4.69, 9.17) is 9.47 Å². The zero-order chi connectivity index (χ0) is 22.7. The quantitative estimate of drug-likeness (QED) is 0.594. The van der Waals surface area contributed by atoms with Gasteiger partial charge in [-0.3, -0.25) is 9.48 Å². The van der Waals surface area contributed by atoms with Crippen LogP contribution in [0.1, 0.15) is 44.1 Å². The van der Waals surface area contributed by atoms with E-state index >= 15 is 0 Å². The summed E-state index contributed by atoms with van der Waals surface area (Å²) in [6, 6.07) is 8.46. The number of hydrogen-bond donors (Lipinski definition) is 1. The van der Waals surface area contributed by atoms with Crippen molar-refractivity contribution in [1.82, 2.24) is 14.3 Å². The Labute approximate surface area is 189 Å². The Hall–Kier alpha value is -3.22. The molecule has 1 N–H and O–H groups in total. The van der Waals surface area contributed by atoms with E-state index in [0.717, 1.165) is 48.3 Å². The van der Waals surface area contributed by atoms with Gasteiger partial charge in [0.05, 0.1) is 20.4 Å². The largest absolute Gasteiger partial charge is 0.493 e. The summed E-state index contributed by atoms with van der Waals surface area (Å²) in [4.78, 5) is 12.9. The lowest BCUT2D eigenvalue weighted by atomic mass is 9.81. The molecule has 0 radical (unpaired) electrons. The molecule has 3 aromatic rings. The van der Waals surface area contributed by atoms with Gasteiger partial charge < -0.3 is 19.4 Å². The van der Waals surface area contributed by atoms with Gasteiger partial charge in [0, 0.05) is 43.2 Å². The Kier molecular flexibility index (Phi) is 6.53. The van der Waals surface area contributed by atoms with Crippen LogP contribution in [-0.4, -0.2) is 34.6 Å². The van der Waals surface area contributed by atoms with E-state index in [2.05, 4.69) is 22.5 Å². The van der Waals surface area contributed by atoms with Gasteiger partial charge in [0.15, 0.2) is 11.5 Å². The normalized spacial score (nSPS) is 18.4. The molecule has 2 aromatic heterocycles. The molecule has 0 saturated heterocycles. The van der Waals surface area contributed by atoms with Crippen LogP contribution in [0.2, 0.25) is 0 Å². The smallest absolute Gasteiger partial charge is 0.273 e. The maximum Gasteiger partial charge on any atom is 0.273 e. The van der Waals surface area contributed by atoms with Crippen molar-refractivity contribution in [2.75, 3.05) is 19.5 Å². The molecule has 1 aliphatic rings. The highest BCUT2D eigenvalue weighted by Crippen LogP contribution is 2.38. The summed E-state index contributed by atoms with van der Waals surface area (Å²) >= 11 is 0. The third-order valence-electron chi connectivity index (χ3n) is 6.43. The number of nitrogens with zero attached hydrogens (tertiary/aromatic N) is 3. The van der Waals surface area contributed by atoms with Crippen LogP contribution in [0.4, 0.5) is 5.69 Å². The van der Waals surface area contributed by atoms with E-state index < -0.39 is 0 Å². The predicted molar refractivity (Wildman–Crippen MR) is 127 cm³/mol. The number of aryl methyl sites for hydroxylation is 2. The molecule has 7 heteroatoms. The van der Waals surface area contributed by atoms with Crippen LogP contribution in [0.5, 0.6) is 11.5 Å². The molecule has 0 bridgehead atoms. The average Bonchev–Trinajstić information content (AvgIpc) is 3.26. The van der Waals surface area contributed by atoms with Crippen molar-refractivity contribution in [2.45, 2.75) is 51.1 Å². The second-order valence-corrected chi connectivity index (χ2v) is 8.44. The Balaban J connectivity index is 1.48. The topological polar surface area (TPSA) is 70.3 Å². The number of anilines is 1. The zero-order valence-corrected chi connectivity index (χ0v) is 19.3. The summed E-state index contributed by atoms with van der Waals surface area (Å²) in [5.41, 5.74) is 3.99. The molecular formula is C25H32N4O3. The first-order chi connectivity index (χ1) is 15.5. The van der Waals surface area contributed by atoms with Gasteiger partial charge in [0.1, 0.15) is 5.69 Å². The van der Waals surface area contributed by atoms with Crippen LogP contribution in [-0.2, 0) is 13.6 Å². The minimum atomic E-state index is 0.0298. The first-order valence-corrected chi connectivity index (χ1v) is 11.2. The number of pyridine rings is 1. The minimum absolute atomic E-state index is 0.0298. The SMILES string of the molecule is CCn1cc(-c2cnn(C)c2)cc(NC2CCC(c3ccc(OC)c(OC)c3)CC2)c1=O. The van der Waals surface area contributed by atoms with Crippen LogP contribution < -0.4 is 20.3 Å². The number of rotatable bonds is 7. The van der Waals surface area contributed by atoms with E-state index in [-0.39, 0.29) is 11.6 Å². The van der Waals surface area contributed by atoms with E-state index in [1.165, 1.54) is 5.56 Å². The second kappa shape index (κ2) is 9.51. The summed E-state index contributed by atoms with van der Waals surface area (Å²) in [5, 5.41) is 7.82. The van der Waals surface area contributed by atoms with Gasteiger partial charge in [0.25, 0.3) is 5.56 Å². The molecule has 1 aromatic carbocycles. The maximum atomic E-state index is 12.9. The van der Waals surface area contributed by atoms with Gasteiger partial charge in [-0.05, 0) is 62.3 Å². The van der Waals surface area contributed by atoms with Crippen molar-refractivity contribution in [3.05, 3.63) is 58.8 Å². The highest BCUT2D eigenvalue weighted by Gasteiger charge is 2.24. The Morgan fingerprint density at radius 2 is 1.78 bits per heavy atom. The van der Waals surface area contributed by atoms with Gasteiger partial charge in [-0.2, -0.15) is 5.10 Å². The van der Waals surface area contributed by atoms with Crippen LogP contribution in [0, 0.1) is 0 Å². The summed E-state index contributed by atoms with van der Waals surface area (Å²) in [6.45, 7) is 2.63. The molecule has 0 atom stereocenters. The summed E-state index contributed by atoms with van der Waals surface area (Å²) < 4.78 is 14.4. The molecule has 4 rings (SSSR count). The van der Waals surface area contributed by atoms with Crippen molar-refractivity contribution < 1.29 is 9.47 Å². The third kappa shape index (κ3) is 4.52. The molecule has 2 heterocycles.